The minimum atomic E-state index is -0.0775. The zero-order chi connectivity index (χ0) is 16.0. The predicted octanol–water partition coefficient (Wildman–Crippen LogP) is 3.73. The van der Waals surface area contributed by atoms with E-state index in [2.05, 4.69) is 21.2 Å². The molecule has 1 aromatic carbocycles. The maximum absolute atomic E-state index is 12.0. The van der Waals surface area contributed by atoms with Gasteiger partial charge in [-0.2, -0.15) is 0 Å². The molecule has 2 amide bonds. The molecule has 116 valence electrons. The van der Waals surface area contributed by atoms with Gasteiger partial charge in [-0.15, -0.1) is 0 Å². The SMILES string of the molecule is CCC(C)N(CCC(=O)Nc1ccc(Br)c(C)c1)C(C)=O. The molecule has 0 radical (unpaired) electrons. The highest BCUT2D eigenvalue weighted by molar-refractivity contribution is 9.10. The number of hydrogen-bond acceptors (Lipinski definition) is 2. The Labute approximate surface area is 135 Å². The molecular weight excluding hydrogens is 332 g/mol. The highest BCUT2D eigenvalue weighted by Crippen LogP contribution is 2.20. The molecule has 0 aliphatic rings. The van der Waals surface area contributed by atoms with E-state index in [1.54, 1.807) is 11.8 Å². The van der Waals surface area contributed by atoms with Crippen molar-refractivity contribution in [2.24, 2.45) is 0 Å². The molecule has 0 fully saturated rings. The van der Waals surface area contributed by atoms with Gasteiger partial charge >= 0.3 is 0 Å². The zero-order valence-corrected chi connectivity index (χ0v) is 14.7. The van der Waals surface area contributed by atoms with Crippen LogP contribution >= 0.6 is 15.9 Å². The van der Waals surface area contributed by atoms with Crippen molar-refractivity contribution in [2.75, 3.05) is 11.9 Å². The van der Waals surface area contributed by atoms with Crippen molar-refractivity contribution in [3.8, 4) is 0 Å². The highest BCUT2D eigenvalue weighted by Gasteiger charge is 2.16. The molecule has 0 aromatic heterocycles. The number of hydrogen-bond donors (Lipinski definition) is 1. The smallest absolute Gasteiger partial charge is 0.226 e. The van der Waals surface area contributed by atoms with Crippen LogP contribution in [0.4, 0.5) is 5.69 Å². The Morgan fingerprint density at radius 3 is 2.57 bits per heavy atom. The van der Waals surface area contributed by atoms with Crippen molar-refractivity contribution in [1.82, 2.24) is 4.90 Å². The molecule has 0 spiro atoms. The summed E-state index contributed by atoms with van der Waals surface area (Å²) in [5, 5.41) is 2.86. The number of halogens is 1. The molecule has 0 saturated heterocycles. The lowest BCUT2D eigenvalue weighted by molar-refractivity contribution is -0.131. The number of aryl methyl sites for hydroxylation is 1. The Hall–Kier alpha value is -1.36. The van der Waals surface area contributed by atoms with Crippen molar-refractivity contribution >= 4 is 33.4 Å². The van der Waals surface area contributed by atoms with Crippen molar-refractivity contribution in [3.63, 3.8) is 0 Å². The Morgan fingerprint density at radius 2 is 2.05 bits per heavy atom. The summed E-state index contributed by atoms with van der Waals surface area (Å²) in [4.78, 5) is 25.3. The molecule has 1 atom stereocenters. The van der Waals surface area contributed by atoms with Gasteiger partial charge in [0.05, 0.1) is 0 Å². The molecule has 1 aromatic rings. The molecule has 5 heteroatoms. The number of nitrogens with one attached hydrogen (secondary N) is 1. The van der Waals surface area contributed by atoms with Gasteiger partial charge in [0.15, 0.2) is 0 Å². The second-order valence-corrected chi connectivity index (χ2v) is 6.09. The molecule has 0 aliphatic carbocycles. The van der Waals surface area contributed by atoms with Crippen LogP contribution in [0.1, 0.15) is 39.2 Å². The van der Waals surface area contributed by atoms with E-state index in [1.807, 2.05) is 39.0 Å². The summed E-state index contributed by atoms with van der Waals surface area (Å²) in [6.45, 7) is 8.00. The lowest BCUT2D eigenvalue weighted by atomic mass is 10.2. The van der Waals surface area contributed by atoms with Gasteiger partial charge in [-0.05, 0) is 44.0 Å². The Balaban J connectivity index is 2.56. The van der Waals surface area contributed by atoms with Crippen LogP contribution in [-0.4, -0.2) is 29.3 Å². The van der Waals surface area contributed by atoms with Crippen molar-refractivity contribution in [2.45, 2.75) is 46.6 Å². The van der Waals surface area contributed by atoms with Gasteiger partial charge in [0.2, 0.25) is 11.8 Å². The van der Waals surface area contributed by atoms with E-state index >= 15 is 0 Å². The van der Waals surface area contributed by atoms with Crippen LogP contribution in [0.25, 0.3) is 0 Å². The van der Waals surface area contributed by atoms with Gasteiger partial charge in [0.1, 0.15) is 0 Å². The van der Waals surface area contributed by atoms with E-state index in [0.29, 0.717) is 13.0 Å². The first kappa shape index (κ1) is 17.7. The first-order valence-electron chi connectivity index (χ1n) is 7.18. The van der Waals surface area contributed by atoms with Crippen LogP contribution in [-0.2, 0) is 9.59 Å². The Bertz CT molecular complexity index is 517. The average molecular weight is 355 g/mol. The molecule has 1 N–H and O–H groups in total. The van der Waals surface area contributed by atoms with Crippen LogP contribution in [0.3, 0.4) is 0 Å². The molecule has 0 aliphatic heterocycles. The summed E-state index contributed by atoms with van der Waals surface area (Å²) in [7, 11) is 0. The minimum absolute atomic E-state index is 0.0108. The summed E-state index contributed by atoms with van der Waals surface area (Å²) < 4.78 is 1.01. The maximum Gasteiger partial charge on any atom is 0.226 e. The molecule has 0 saturated carbocycles. The number of benzene rings is 1. The highest BCUT2D eigenvalue weighted by atomic mass is 79.9. The molecule has 1 unspecified atom stereocenters. The number of rotatable bonds is 6. The van der Waals surface area contributed by atoms with Gasteiger partial charge in [0, 0.05) is 36.1 Å². The number of carbonyl (C=O) groups excluding carboxylic acids is 2. The number of carbonyl (C=O) groups is 2. The van der Waals surface area contributed by atoms with Crippen LogP contribution in [0, 0.1) is 6.92 Å². The third-order valence-electron chi connectivity index (χ3n) is 3.55. The third kappa shape index (κ3) is 5.50. The van der Waals surface area contributed by atoms with E-state index in [0.717, 1.165) is 22.1 Å². The lowest BCUT2D eigenvalue weighted by Gasteiger charge is -2.27. The molecule has 0 bridgehead atoms. The van der Waals surface area contributed by atoms with Crippen molar-refractivity contribution in [3.05, 3.63) is 28.2 Å². The molecule has 0 heterocycles. The maximum atomic E-state index is 12.0. The summed E-state index contributed by atoms with van der Waals surface area (Å²) in [5.74, 6) is -0.0667. The number of amides is 2. The second-order valence-electron chi connectivity index (χ2n) is 5.23. The second kappa shape index (κ2) is 8.17. The fraction of sp³-hybridized carbons (Fsp3) is 0.500. The first-order chi connectivity index (χ1) is 9.85. The monoisotopic (exact) mass is 354 g/mol. The molecule has 21 heavy (non-hydrogen) atoms. The van der Waals surface area contributed by atoms with Crippen LogP contribution in [0.15, 0.2) is 22.7 Å². The van der Waals surface area contributed by atoms with E-state index in [-0.39, 0.29) is 17.9 Å². The summed E-state index contributed by atoms with van der Waals surface area (Å²) >= 11 is 3.43. The Morgan fingerprint density at radius 1 is 1.38 bits per heavy atom. The fourth-order valence-corrected chi connectivity index (χ4v) is 2.32. The number of nitrogens with zero attached hydrogens (tertiary/aromatic N) is 1. The van der Waals surface area contributed by atoms with E-state index in [1.165, 1.54) is 0 Å². The standard InChI is InChI=1S/C16H23BrN2O2/c1-5-12(3)19(13(4)20)9-8-16(21)18-14-6-7-15(17)11(2)10-14/h6-7,10,12H,5,8-9H2,1-4H3,(H,18,21). The van der Waals surface area contributed by atoms with Gasteiger partial charge in [-0.3, -0.25) is 9.59 Å². The van der Waals surface area contributed by atoms with Gasteiger partial charge in [-0.1, -0.05) is 22.9 Å². The van der Waals surface area contributed by atoms with E-state index in [4.69, 9.17) is 0 Å². The third-order valence-corrected chi connectivity index (χ3v) is 4.44. The van der Waals surface area contributed by atoms with Gasteiger partial charge in [0.25, 0.3) is 0 Å². The van der Waals surface area contributed by atoms with Gasteiger partial charge in [-0.25, -0.2) is 0 Å². The van der Waals surface area contributed by atoms with Crippen LogP contribution in [0.2, 0.25) is 0 Å². The van der Waals surface area contributed by atoms with Crippen molar-refractivity contribution in [1.29, 1.82) is 0 Å². The first-order valence-corrected chi connectivity index (χ1v) is 7.97. The van der Waals surface area contributed by atoms with E-state index < -0.39 is 0 Å². The zero-order valence-electron chi connectivity index (χ0n) is 13.1. The van der Waals surface area contributed by atoms with Crippen molar-refractivity contribution < 1.29 is 9.59 Å². The predicted molar refractivity (Wildman–Crippen MR) is 89.3 cm³/mol. The molecular formula is C16H23BrN2O2. The molecule has 4 nitrogen and oxygen atoms in total. The minimum Gasteiger partial charge on any atom is -0.340 e. The lowest BCUT2D eigenvalue weighted by Crippen LogP contribution is -2.38. The number of anilines is 1. The molecule has 1 rings (SSSR count). The van der Waals surface area contributed by atoms with E-state index in [9.17, 15) is 9.59 Å². The normalized spacial score (nSPS) is 11.9. The quantitative estimate of drug-likeness (QED) is 0.845. The Kier molecular flexibility index (Phi) is 6.89. The topological polar surface area (TPSA) is 49.4 Å². The average Bonchev–Trinajstić information content (AvgIpc) is 2.42. The fourth-order valence-electron chi connectivity index (χ4n) is 2.08. The van der Waals surface area contributed by atoms with Crippen LogP contribution in [0.5, 0.6) is 0 Å². The largest absolute Gasteiger partial charge is 0.340 e. The van der Waals surface area contributed by atoms with Crippen LogP contribution < -0.4 is 5.32 Å². The summed E-state index contributed by atoms with van der Waals surface area (Å²) in [6.07, 6.45) is 1.19. The summed E-state index contributed by atoms with van der Waals surface area (Å²) in [5.41, 5.74) is 1.84. The van der Waals surface area contributed by atoms with Gasteiger partial charge < -0.3 is 10.2 Å². The summed E-state index contributed by atoms with van der Waals surface area (Å²) in [6, 6.07) is 5.84.